The second-order valence-electron chi connectivity index (χ2n) is 14.7. The van der Waals surface area contributed by atoms with Crippen LogP contribution in [0.15, 0.2) is 35.7 Å². The lowest BCUT2D eigenvalue weighted by Crippen LogP contribution is -2.50. The van der Waals surface area contributed by atoms with Gasteiger partial charge in [0.2, 0.25) is 5.91 Å². The summed E-state index contributed by atoms with van der Waals surface area (Å²) in [5.74, 6) is 1.45. The van der Waals surface area contributed by atoms with Gasteiger partial charge < -0.3 is 15.0 Å². The number of carbonyl (C=O) groups excluding carboxylic acids is 4. The van der Waals surface area contributed by atoms with Crippen LogP contribution in [0.1, 0.15) is 100 Å². The summed E-state index contributed by atoms with van der Waals surface area (Å²) in [6, 6.07) is 9.68. The van der Waals surface area contributed by atoms with Crippen molar-refractivity contribution in [2.45, 2.75) is 104 Å². The summed E-state index contributed by atoms with van der Waals surface area (Å²) in [5, 5.41) is 5.43. The van der Waals surface area contributed by atoms with Crippen molar-refractivity contribution in [3.05, 3.63) is 52.0 Å². The quantitative estimate of drug-likeness (QED) is 0.187. The Bertz CT molecular complexity index is 1400. The molecule has 0 spiro atoms. The maximum absolute atomic E-state index is 14.2. The highest BCUT2D eigenvalue weighted by Gasteiger charge is 2.41. The van der Waals surface area contributed by atoms with Crippen molar-refractivity contribution in [1.82, 2.24) is 20.1 Å². The average Bonchev–Trinajstić information content (AvgIpc) is 3.52. The summed E-state index contributed by atoms with van der Waals surface area (Å²) in [5.41, 5.74) is 1.45. The number of hydrogen-bond donors (Lipinski definition) is 1. The maximum atomic E-state index is 14.2. The molecule has 2 amide bonds. The van der Waals surface area contributed by atoms with E-state index < -0.39 is 12.1 Å². The molecule has 2 aliphatic rings. The van der Waals surface area contributed by atoms with Gasteiger partial charge in [0.05, 0.1) is 6.04 Å². The number of carbonyl (C=O) groups is 4. The fraction of sp³-hybridized carbons (Fsp3) is 0.658. The first-order chi connectivity index (χ1) is 23.3. The molecule has 3 heterocycles. The molecule has 9 nitrogen and oxygen atoms in total. The molecule has 49 heavy (non-hydrogen) atoms. The Morgan fingerprint density at radius 3 is 2.37 bits per heavy atom. The minimum atomic E-state index is -0.724. The number of Topliss-reactive ketones (excluding diaryl/α,β-unsaturated/α-hetero) is 1. The van der Waals surface area contributed by atoms with Gasteiger partial charge in [0.25, 0.3) is 5.91 Å². The molecule has 1 aromatic carbocycles. The maximum Gasteiger partial charge on any atom is 0.303 e. The molecule has 0 bridgehead atoms. The number of benzene rings is 1. The summed E-state index contributed by atoms with van der Waals surface area (Å²) < 4.78 is 5.83. The lowest BCUT2D eigenvalue weighted by Gasteiger charge is -2.40. The molecule has 1 aromatic heterocycles. The van der Waals surface area contributed by atoms with Gasteiger partial charge in [-0.25, -0.2) is 4.98 Å². The zero-order chi connectivity index (χ0) is 35.7. The largest absolute Gasteiger partial charge is 0.455 e. The Morgan fingerprint density at radius 1 is 1.06 bits per heavy atom. The molecule has 0 unspecified atom stereocenters. The van der Waals surface area contributed by atoms with Crippen molar-refractivity contribution >= 4 is 46.7 Å². The number of rotatable bonds is 17. The van der Waals surface area contributed by atoms with Crippen LogP contribution in [0.3, 0.4) is 0 Å². The molecular formula is C38H56N4O5S2. The van der Waals surface area contributed by atoms with Gasteiger partial charge in [-0.2, -0.15) is 11.8 Å². The molecule has 0 saturated carbocycles. The first-order valence-corrected chi connectivity index (χ1v) is 19.9. The van der Waals surface area contributed by atoms with Crippen LogP contribution in [0.4, 0.5) is 0 Å². The van der Waals surface area contributed by atoms with E-state index in [4.69, 9.17) is 4.74 Å². The molecule has 1 N–H and O–H groups in total. The highest BCUT2D eigenvalue weighted by atomic mass is 32.2. The van der Waals surface area contributed by atoms with E-state index in [2.05, 4.69) is 55.0 Å². The zero-order valence-corrected chi connectivity index (χ0v) is 32.0. The first kappa shape index (κ1) is 39.0. The number of nitrogens with one attached hydrogen (secondary N) is 1. The average molecular weight is 713 g/mol. The van der Waals surface area contributed by atoms with Gasteiger partial charge in [-0.15, -0.1) is 11.3 Å². The molecule has 2 aliphatic heterocycles. The second-order valence-corrected chi connectivity index (χ2v) is 16.7. The van der Waals surface area contributed by atoms with E-state index in [9.17, 15) is 19.2 Å². The van der Waals surface area contributed by atoms with E-state index in [-0.39, 0.29) is 59.9 Å². The van der Waals surface area contributed by atoms with Gasteiger partial charge in [-0.3, -0.25) is 24.1 Å². The van der Waals surface area contributed by atoms with E-state index >= 15 is 0 Å². The van der Waals surface area contributed by atoms with Gasteiger partial charge in [-0.1, -0.05) is 64.4 Å². The van der Waals surface area contributed by atoms with Crippen molar-refractivity contribution < 1.29 is 23.9 Å². The van der Waals surface area contributed by atoms with E-state index in [0.717, 1.165) is 55.7 Å². The molecule has 0 aliphatic carbocycles. The van der Waals surface area contributed by atoms with Crippen molar-refractivity contribution in [2.24, 2.45) is 23.7 Å². The SMILES string of the molecule is CC(=O)O[C@H](C[C@H](C(C)C)N(C)C(=O)[C@@H](CC(=O)[C@H]1CCCCN1C)C1CSC1)c1nc(C(=O)N[C@@H](Cc2ccccc2)CC(C)C)cs1. The lowest BCUT2D eigenvalue weighted by atomic mass is 9.84. The molecule has 4 rings (SSSR count). The zero-order valence-electron chi connectivity index (χ0n) is 30.4. The Morgan fingerprint density at radius 2 is 1.78 bits per heavy atom. The highest BCUT2D eigenvalue weighted by molar-refractivity contribution is 8.00. The molecular weight excluding hydrogens is 657 g/mol. The number of nitrogens with zero attached hydrogens (tertiary/aromatic N) is 3. The third kappa shape index (κ3) is 11.1. The van der Waals surface area contributed by atoms with Crippen LogP contribution in [0, 0.1) is 23.7 Å². The third-order valence-corrected chi connectivity index (χ3v) is 12.2. The van der Waals surface area contributed by atoms with Crippen LogP contribution in [-0.2, 0) is 25.5 Å². The Kier molecular flexibility index (Phi) is 14.7. The minimum Gasteiger partial charge on any atom is -0.455 e. The first-order valence-electron chi connectivity index (χ1n) is 17.9. The number of likely N-dealkylation sites (N-methyl/N-ethyl adjacent to an activating group) is 1. The van der Waals surface area contributed by atoms with Gasteiger partial charge in [0, 0.05) is 50.2 Å². The van der Waals surface area contributed by atoms with Crippen molar-refractivity contribution in [3.63, 3.8) is 0 Å². The lowest BCUT2D eigenvalue weighted by molar-refractivity contribution is -0.149. The molecule has 5 atom stereocenters. The van der Waals surface area contributed by atoms with Gasteiger partial charge in [0.15, 0.2) is 11.9 Å². The number of likely N-dealkylation sites (tertiary alicyclic amines) is 1. The summed E-state index contributed by atoms with van der Waals surface area (Å²) in [6.07, 6.45) is 4.41. The normalized spacial score (nSPS) is 19.5. The summed E-state index contributed by atoms with van der Waals surface area (Å²) >= 11 is 3.11. The molecule has 11 heteroatoms. The van der Waals surface area contributed by atoms with E-state index in [1.165, 1.54) is 18.3 Å². The minimum absolute atomic E-state index is 0.0220. The van der Waals surface area contributed by atoms with E-state index in [1.54, 1.807) is 10.3 Å². The second kappa shape index (κ2) is 18.5. The van der Waals surface area contributed by atoms with Crippen LogP contribution in [0.25, 0.3) is 0 Å². The number of hydrogen-bond acceptors (Lipinski definition) is 9. The molecule has 2 fully saturated rings. The monoisotopic (exact) mass is 712 g/mol. The number of ketones is 1. The Balaban J connectivity index is 1.49. The Hall–Kier alpha value is -2.76. The van der Waals surface area contributed by atoms with Crippen molar-refractivity contribution in [2.75, 3.05) is 32.1 Å². The topological polar surface area (TPSA) is 109 Å². The molecule has 0 radical (unpaired) electrons. The summed E-state index contributed by atoms with van der Waals surface area (Å²) in [6.45, 7) is 10.7. The van der Waals surface area contributed by atoms with Gasteiger partial charge in [-0.05, 0) is 74.1 Å². The predicted octanol–water partition coefficient (Wildman–Crippen LogP) is 6.43. The fourth-order valence-corrected chi connectivity index (χ4v) is 8.97. The Labute approximate surface area is 301 Å². The van der Waals surface area contributed by atoms with Crippen molar-refractivity contribution in [3.8, 4) is 0 Å². The number of amides is 2. The van der Waals surface area contributed by atoms with E-state index in [1.807, 2.05) is 44.1 Å². The number of ether oxygens (including phenoxy) is 1. The third-order valence-electron chi connectivity index (χ3n) is 9.94. The number of aromatic nitrogens is 1. The van der Waals surface area contributed by atoms with Crippen LogP contribution in [-0.4, -0.2) is 88.6 Å². The fourth-order valence-electron chi connectivity index (χ4n) is 7.16. The number of esters is 1. The smallest absolute Gasteiger partial charge is 0.303 e. The van der Waals surface area contributed by atoms with Crippen LogP contribution < -0.4 is 5.32 Å². The highest BCUT2D eigenvalue weighted by Crippen LogP contribution is 2.37. The number of thioether (sulfide) groups is 1. The molecule has 2 aromatic rings. The van der Waals surface area contributed by atoms with Crippen LogP contribution in [0.5, 0.6) is 0 Å². The summed E-state index contributed by atoms with van der Waals surface area (Å²) in [4.78, 5) is 62.2. The standard InChI is InChI=1S/C38H56N4O5S2/c1-24(2)17-29(18-27-13-9-8-10-14-27)39-36(45)31-23-49-37(40-31)35(47-26(5)43)20-33(25(3)4)42(7)38(46)30(28-21-48-22-28)19-34(44)32-15-11-12-16-41(32)6/h8-10,13-14,23-25,28-30,32-33,35H,11-12,15-22H2,1-7H3,(H,39,45)/t29-,30+,32-,33-,35-/m1/s1. The molecule has 2 saturated heterocycles. The van der Waals surface area contributed by atoms with Crippen LogP contribution in [0.2, 0.25) is 0 Å². The number of piperidine rings is 1. The van der Waals surface area contributed by atoms with E-state index in [0.29, 0.717) is 23.0 Å². The molecule has 270 valence electrons. The van der Waals surface area contributed by atoms with Gasteiger partial charge in [0.1, 0.15) is 10.7 Å². The van der Waals surface area contributed by atoms with Crippen molar-refractivity contribution in [1.29, 1.82) is 0 Å². The predicted molar refractivity (Wildman–Crippen MR) is 198 cm³/mol. The van der Waals surface area contributed by atoms with Crippen LogP contribution >= 0.6 is 23.1 Å². The summed E-state index contributed by atoms with van der Waals surface area (Å²) in [7, 11) is 3.83. The number of thiazole rings is 1. The van der Waals surface area contributed by atoms with Gasteiger partial charge >= 0.3 is 5.97 Å².